The zero-order valence-electron chi connectivity index (χ0n) is 12.7. The highest BCUT2D eigenvalue weighted by atomic mass is 16.6. The number of aromatic nitrogens is 2. The lowest BCUT2D eigenvalue weighted by atomic mass is 10.0. The smallest absolute Gasteiger partial charge is 0.121 e. The van der Waals surface area contributed by atoms with E-state index in [0.717, 1.165) is 43.9 Å². The number of hydrogen-bond acceptors (Lipinski definition) is 5. The molecule has 1 aromatic heterocycles. The van der Waals surface area contributed by atoms with Crippen LogP contribution in [0.25, 0.3) is 0 Å². The first-order valence-electron chi connectivity index (χ1n) is 7.55. The minimum Gasteiger partial charge on any atom is -0.371 e. The Balaban J connectivity index is 1.50. The Bertz CT molecular complexity index is 587. The summed E-state index contributed by atoms with van der Waals surface area (Å²) >= 11 is 0. The van der Waals surface area contributed by atoms with E-state index in [0.29, 0.717) is 6.04 Å². The number of nitrogens with one attached hydrogen (secondary N) is 1. The first-order valence-corrected chi connectivity index (χ1v) is 7.55. The maximum atomic E-state index is 4.72. The number of aryl methyl sites for hydroxylation is 2. The van der Waals surface area contributed by atoms with Gasteiger partial charge in [-0.2, -0.15) is 0 Å². The molecule has 2 heterocycles. The fourth-order valence-corrected chi connectivity index (χ4v) is 2.82. The molecule has 0 unspecified atom stereocenters. The van der Waals surface area contributed by atoms with Crippen LogP contribution in [0, 0.1) is 13.8 Å². The molecule has 1 saturated heterocycles. The molecule has 1 fully saturated rings. The van der Waals surface area contributed by atoms with E-state index in [-0.39, 0.29) is 0 Å². The largest absolute Gasteiger partial charge is 0.371 e. The van der Waals surface area contributed by atoms with Gasteiger partial charge in [-0.3, -0.25) is 0 Å². The summed E-state index contributed by atoms with van der Waals surface area (Å²) in [5.74, 6) is 0. The molecular weight excluding hydrogens is 264 g/mol. The van der Waals surface area contributed by atoms with Crippen LogP contribution in [0.4, 0.5) is 5.69 Å². The molecule has 1 aliphatic rings. The second-order valence-electron chi connectivity index (χ2n) is 5.78. The summed E-state index contributed by atoms with van der Waals surface area (Å²) < 4.78 is 4.72. The van der Waals surface area contributed by atoms with Gasteiger partial charge >= 0.3 is 0 Å². The van der Waals surface area contributed by atoms with Crippen molar-refractivity contribution in [2.24, 2.45) is 0 Å². The van der Waals surface area contributed by atoms with Crippen LogP contribution in [0.5, 0.6) is 0 Å². The van der Waals surface area contributed by atoms with Crippen molar-refractivity contribution < 1.29 is 4.63 Å². The third-order valence-electron chi connectivity index (χ3n) is 4.17. The fraction of sp³-hybridized carbons (Fsp3) is 0.500. The third-order valence-corrected chi connectivity index (χ3v) is 4.17. The third kappa shape index (κ3) is 3.42. The van der Waals surface area contributed by atoms with Crippen molar-refractivity contribution in [3.8, 4) is 0 Å². The van der Waals surface area contributed by atoms with Crippen molar-refractivity contribution in [1.82, 2.24) is 15.6 Å². The molecule has 3 rings (SSSR count). The highest BCUT2D eigenvalue weighted by Gasteiger charge is 2.19. The molecule has 1 N–H and O–H groups in total. The Morgan fingerprint density at radius 2 is 2.05 bits per heavy atom. The lowest BCUT2D eigenvalue weighted by Crippen LogP contribution is -2.42. The molecular formula is C16H22N4O. The Kier molecular flexibility index (Phi) is 4.20. The summed E-state index contributed by atoms with van der Waals surface area (Å²) in [5, 5.41) is 11.3. The number of hydrogen-bond donors (Lipinski definition) is 1. The van der Waals surface area contributed by atoms with Crippen molar-refractivity contribution in [2.75, 3.05) is 18.0 Å². The van der Waals surface area contributed by atoms with E-state index in [9.17, 15) is 0 Å². The molecule has 112 valence electrons. The molecule has 1 aliphatic heterocycles. The maximum Gasteiger partial charge on any atom is 0.121 e. The van der Waals surface area contributed by atoms with E-state index >= 15 is 0 Å². The minimum absolute atomic E-state index is 0.544. The molecule has 21 heavy (non-hydrogen) atoms. The van der Waals surface area contributed by atoms with Crippen molar-refractivity contribution in [3.63, 3.8) is 0 Å². The van der Waals surface area contributed by atoms with E-state index < -0.39 is 0 Å². The fourth-order valence-electron chi connectivity index (χ4n) is 2.82. The standard InChI is InChI=1S/C16H22N4O/c1-12-4-3-5-15(10-12)20-8-6-14(7-9-20)17-11-16-13(2)18-21-19-16/h3-5,10,14,17H,6-9,11H2,1-2H3. The molecule has 0 saturated carbocycles. The molecule has 2 aromatic rings. The summed E-state index contributed by atoms with van der Waals surface area (Å²) in [4.78, 5) is 2.47. The van der Waals surface area contributed by atoms with Gasteiger partial charge in [-0.05, 0) is 44.4 Å². The number of piperidine rings is 1. The molecule has 0 bridgehead atoms. The molecule has 5 nitrogen and oxygen atoms in total. The Labute approximate surface area is 125 Å². The van der Waals surface area contributed by atoms with Crippen LogP contribution in [-0.4, -0.2) is 29.4 Å². The normalized spacial score (nSPS) is 16.4. The quantitative estimate of drug-likeness (QED) is 0.935. The van der Waals surface area contributed by atoms with Gasteiger partial charge in [0.25, 0.3) is 0 Å². The van der Waals surface area contributed by atoms with E-state index in [1.54, 1.807) is 0 Å². The van der Waals surface area contributed by atoms with Crippen LogP contribution in [0.2, 0.25) is 0 Å². The van der Waals surface area contributed by atoms with Gasteiger partial charge in [0, 0.05) is 31.4 Å². The molecule has 0 spiro atoms. The lowest BCUT2D eigenvalue weighted by Gasteiger charge is -2.34. The van der Waals surface area contributed by atoms with Gasteiger partial charge in [0.1, 0.15) is 11.4 Å². The Morgan fingerprint density at radius 3 is 2.71 bits per heavy atom. The maximum absolute atomic E-state index is 4.72. The van der Waals surface area contributed by atoms with E-state index in [2.05, 4.69) is 51.7 Å². The number of anilines is 1. The van der Waals surface area contributed by atoms with Crippen molar-refractivity contribution >= 4 is 5.69 Å². The monoisotopic (exact) mass is 286 g/mol. The van der Waals surface area contributed by atoms with Gasteiger partial charge in [0.05, 0.1) is 0 Å². The topological polar surface area (TPSA) is 54.2 Å². The predicted molar refractivity (Wildman–Crippen MR) is 82.3 cm³/mol. The van der Waals surface area contributed by atoms with Crippen molar-refractivity contribution in [3.05, 3.63) is 41.2 Å². The summed E-state index contributed by atoms with van der Waals surface area (Å²) in [5.41, 5.74) is 4.45. The highest BCUT2D eigenvalue weighted by Crippen LogP contribution is 2.21. The number of nitrogens with zero attached hydrogens (tertiary/aromatic N) is 3. The zero-order valence-corrected chi connectivity index (χ0v) is 12.7. The summed E-state index contributed by atoms with van der Waals surface area (Å²) in [6, 6.07) is 9.28. The van der Waals surface area contributed by atoms with Gasteiger partial charge in [0.15, 0.2) is 0 Å². The minimum atomic E-state index is 0.544. The number of rotatable bonds is 4. The summed E-state index contributed by atoms with van der Waals surface area (Å²) in [6.07, 6.45) is 2.30. The van der Waals surface area contributed by atoms with E-state index in [1.165, 1.54) is 11.3 Å². The molecule has 5 heteroatoms. The zero-order chi connectivity index (χ0) is 14.7. The first-order chi connectivity index (χ1) is 10.2. The van der Waals surface area contributed by atoms with Gasteiger partial charge in [0.2, 0.25) is 0 Å². The van der Waals surface area contributed by atoms with E-state index in [4.69, 9.17) is 4.63 Å². The summed E-state index contributed by atoms with van der Waals surface area (Å²) in [6.45, 7) is 7.00. The van der Waals surface area contributed by atoms with Gasteiger partial charge in [-0.1, -0.05) is 22.4 Å². The first kappa shape index (κ1) is 14.1. The van der Waals surface area contributed by atoms with Crippen LogP contribution < -0.4 is 10.2 Å². The number of benzene rings is 1. The second-order valence-corrected chi connectivity index (χ2v) is 5.78. The van der Waals surface area contributed by atoms with Gasteiger partial charge in [-0.25, -0.2) is 4.63 Å². The van der Waals surface area contributed by atoms with Crippen molar-refractivity contribution in [2.45, 2.75) is 39.3 Å². The predicted octanol–water partition coefficient (Wildman–Crippen LogP) is 2.45. The van der Waals surface area contributed by atoms with Crippen LogP contribution in [0.3, 0.4) is 0 Å². The average molecular weight is 286 g/mol. The summed E-state index contributed by atoms with van der Waals surface area (Å²) in [7, 11) is 0. The Morgan fingerprint density at radius 1 is 1.24 bits per heavy atom. The highest BCUT2D eigenvalue weighted by molar-refractivity contribution is 5.48. The molecule has 0 amide bonds. The van der Waals surface area contributed by atoms with Crippen LogP contribution in [0.15, 0.2) is 28.9 Å². The Hall–Kier alpha value is -1.88. The van der Waals surface area contributed by atoms with Crippen LogP contribution in [0.1, 0.15) is 29.8 Å². The average Bonchev–Trinajstić information content (AvgIpc) is 2.91. The van der Waals surface area contributed by atoms with Crippen LogP contribution in [-0.2, 0) is 6.54 Å². The van der Waals surface area contributed by atoms with Gasteiger partial charge < -0.3 is 10.2 Å². The second kappa shape index (κ2) is 6.26. The van der Waals surface area contributed by atoms with Gasteiger partial charge in [-0.15, -0.1) is 0 Å². The van der Waals surface area contributed by atoms with Crippen LogP contribution >= 0.6 is 0 Å². The van der Waals surface area contributed by atoms with E-state index in [1.807, 2.05) is 6.92 Å². The SMILES string of the molecule is Cc1cccc(N2CCC(NCc3nonc3C)CC2)c1. The lowest BCUT2D eigenvalue weighted by molar-refractivity contribution is 0.299. The molecule has 0 aliphatic carbocycles. The molecule has 0 radical (unpaired) electrons. The molecule has 1 aromatic carbocycles. The van der Waals surface area contributed by atoms with Crippen molar-refractivity contribution in [1.29, 1.82) is 0 Å². The molecule has 0 atom stereocenters.